The van der Waals surface area contributed by atoms with E-state index in [-0.39, 0.29) is 12.2 Å². The van der Waals surface area contributed by atoms with Gasteiger partial charge in [-0.15, -0.1) is 0 Å². The van der Waals surface area contributed by atoms with Gasteiger partial charge in [-0.25, -0.2) is 8.78 Å². The number of rotatable bonds is 5. The minimum Gasteiger partial charge on any atom is -0.376 e. The number of halogens is 2. The van der Waals surface area contributed by atoms with Gasteiger partial charge >= 0.3 is 0 Å². The van der Waals surface area contributed by atoms with Crippen molar-refractivity contribution < 1.29 is 13.6 Å². The molecule has 126 valence electrons. The van der Waals surface area contributed by atoms with E-state index >= 15 is 0 Å². The molecule has 0 fully saturated rings. The van der Waals surface area contributed by atoms with Gasteiger partial charge in [-0.3, -0.25) is 4.79 Å². The molecule has 0 bridgehead atoms. The first-order valence-corrected chi connectivity index (χ1v) is 7.77. The van der Waals surface area contributed by atoms with Crippen LogP contribution >= 0.6 is 0 Å². The van der Waals surface area contributed by atoms with Gasteiger partial charge in [0.05, 0.1) is 12.2 Å². The Labute approximate surface area is 144 Å². The summed E-state index contributed by atoms with van der Waals surface area (Å²) < 4.78 is 26.7. The number of para-hydroxylation sites is 1. The van der Waals surface area contributed by atoms with Crippen LogP contribution in [0.5, 0.6) is 0 Å². The van der Waals surface area contributed by atoms with Crippen LogP contribution in [0, 0.1) is 11.6 Å². The zero-order valence-electron chi connectivity index (χ0n) is 13.3. The lowest BCUT2D eigenvalue weighted by atomic mass is 10.0. The minimum absolute atomic E-state index is 0.0696. The highest BCUT2D eigenvalue weighted by Gasteiger charge is 2.09. The Morgan fingerprint density at radius 2 is 1.56 bits per heavy atom. The number of hydrogen-bond donors (Lipinski definition) is 2. The first-order chi connectivity index (χ1) is 12.1. The number of benzene rings is 3. The van der Waals surface area contributed by atoms with Crippen LogP contribution < -0.4 is 10.6 Å². The van der Waals surface area contributed by atoms with Crippen molar-refractivity contribution in [3.05, 3.63) is 84.4 Å². The minimum atomic E-state index is -0.681. The molecule has 0 unspecified atom stereocenters. The van der Waals surface area contributed by atoms with E-state index < -0.39 is 17.5 Å². The summed E-state index contributed by atoms with van der Waals surface area (Å²) in [7, 11) is 0. The van der Waals surface area contributed by atoms with E-state index in [4.69, 9.17) is 0 Å². The molecule has 0 spiro atoms. The fourth-order valence-electron chi connectivity index (χ4n) is 2.47. The monoisotopic (exact) mass is 338 g/mol. The summed E-state index contributed by atoms with van der Waals surface area (Å²) in [4.78, 5) is 12.0. The van der Waals surface area contributed by atoms with E-state index in [1.54, 1.807) is 0 Å². The van der Waals surface area contributed by atoms with Crippen molar-refractivity contribution >= 4 is 17.3 Å². The summed E-state index contributed by atoms with van der Waals surface area (Å²) in [5, 5.41) is 5.40. The summed E-state index contributed by atoms with van der Waals surface area (Å²) in [5.74, 6) is -1.76. The molecule has 0 heterocycles. The Hall–Kier alpha value is -3.21. The molecule has 0 atom stereocenters. The zero-order valence-corrected chi connectivity index (χ0v) is 13.3. The molecular weight excluding hydrogens is 322 g/mol. The van der Waals surface area contributed by atoms with Gasteiger partial charge in [-0.05, 0) is 23.8 Å². The Balaban J connectivity index is 1.70. The summed E-state index contributed by atoms with van der Waals surface area (Å²) >= 11 is 0. The molecule has 25 heavy (non-hydrogen) atoms. The average molecular weight is 338 g/mol. The molecule has 1 amide bonds. The summed E-state index contributed by atoms with van der Waals surface area (Å²) in [5.41, 5.74) is 2.57. The van der Waals surface area contributed by atoms with E-state index in [9.17, 15) is 13.6 Å². The molecule has 0 radical (unpaired) electrons. The molecule has 3 rings (SSSR count). The van der Waals surface area contributed by atoms with Crippen LogP contribution in [0.4, 0.5) is 20.2 Å². The van der Waals surface area contributed by atoms with Gasteiger partial charge in [-0.2, -0.15) is 0 Å². The maximum atomic E-state index is 13.6. The molecular formula is C20H16F2N2O. The fourth-order valence-corrected chi connectivity index (χ4v) is 2.47. The number of carbonyl (C=O) groups excluding carboxylic acids is 1. The topological polar surface area (TPSA) is 41.1 Å². The third-order valence-corrected chi connectivity index (χ3v) is 3.65. The summed E-state index contributed by atoms with van der Waals surface area (Å²) in [6, 6.07) is 20.3. The van der Waals surface area contributed by atoms with Gasteiger partial charge in [0.15, 0.2) is 0 Å². The van der Waals surface area contributed by atoms with Gasteiger partial charge in [0.1, 0.15) is 11.6 Å². The third kappa shape index (κ3) is 4.20. The molecule has 2 N–H and O–H groups in total. The normalized spacial score (nSPS) is 10.3. The second-order valence-electron chi connectivity index (χ2n) is 5.44. The van der Waals surface area contributed by atoms with Crippen molar-refractivity contribution in [3.8, 4) is 11.1 Å². The maximum absolute atomic E-state index is 13.6. The molecule has 0 saturated carbocycles. The van der Waals surface area contributed by atoms with Crippen LogP contribution in [0.2, 0.25) is 0 Å². The molecule has 0 aliphatic carbocycles. The molecule has 0 saturated heterocycles. The Kier molecular flexibility index (Phi) is 5.04. The number of hydrogen-bond acceptors (Lipinski definition) is 2. The van der Waals surface area contributed by atoms with E-state index in [1.165, 1.54) is 0 Å². The van der Waals surface area contributed by atoms with Crippen LogP contribution in [0.25, 0.3) is 11.1 Å². The number of carbonyl (C=O) groups is 1. The lowest BCUT2D eigenvalue weighted by Crippen LogP contribution is -2.22. The predicted molar refractivity (Wildman–Crippen MR) is 95.4 cm³/mol. The van der Waals surface area contributed by atoms with Gasteiger partial charge < -0.3 is 10.6 Å². The van der Waals surface area contributed by atoms with Crippen LogP contribution in [0.3, 0.4) is 0 Å². The Morgan fingerprint density at radius 1 is 0.840 bits per heavy atom. The van der Waals surface area contributed by atoms with Crippen molar-refractivity contribution in [1.29, 1.82) is 0 Å². The van der Waals surface area contributed by atoms with E-state index in [0.717, 1.165) is 35.0 Å². The first-order valence-electron chi connectivity index (χ1n) is 7.77. The van der Waals surface area contributed by atoms with Crippen molar-refractivity contribution in [1.82, 2.24) is 0 Å². The first kappa shape index (κ1) is 16.6. The predicted octanol–water partition coefficient (Wildman–Crippen LogP) is 4.68. The van der Waals surface area contributed by atoms with Crippen LogP contribution in [-0.2, 0) is 4.79 Å². The van der Waals surface area contributed by atoms with E-state index in [0.29, 0.717) is 0 Å². The van der Waals surface area contributed by atoms with Gasteiger partial charge in [0.2, 0.25) is 5.91 Å². The van der Waals surface area contributed by atoms with Crippen LogP contribution in [0.15, 0.2) is 72.8 Å². The lowest BCUT2D eigenvalue weighted by Gasteiger charge is -2.12. The molecule has 0 aliphatic rings. The van der Waals surface area contributed by atoms with Crippen molar-refractivity contribution in [2.75, 3.05) is 17.2 Å². The highest BCUT2D eigenvalue weighted by molar-refractivity contribution is 5.94. The van der Waals surface area contributed by atoms with Crippen LogP contribution in [0.1, 0.15) is 0 Å². The summed E-state index contributed by atoms with van der Waals surface area (Å²) in [6.07, 6.45) is 0. The number of anilines is 2. The third-order valence-electron chi connectivity index (χ3n) is 3.65. The maximum Gasteiger partial charge on any atom is 0.243 e. The summed E-state index contributed by atoms with van der Waals surface area (Å²) in [6.45, 7) is -0.0696. The Bertz CT molecular complexity index is 882. The standard InChI is InChI=1S/C20H16F2N2O/c21-15-10-11-17(22)19(12-15)24-20(25)13-23-18-9-5-4-8-16(18)14-6-2-1-3-7-14/h1-12,23H,13H2,(H,24,25). The SMILES string of the molecule is O=C(CNc1ccccc1-c1ccccc1)Nc1cc(F)ccc1F. The largest absolute Gasteiger partial charge is 0.376 e. The van der Waals surface area contributed by atoms with Crippen LogP contribution in [-0.4, -0.2) is 12.5 Å². The second-order valence-corrected chi connectivity index (χ2v) is 5.44. The Morgan fingerprint density at radius 3 is 2.36 bits per heavy atom. The fraction of sp³-hybridized carbons (Fsp3) is 0.0500. The van der Waals surface area contributed by atoms with Crippen molar-refractivity contribution in [3.63, 3.8) is 0 Å². The smallest absolute Gasteiger partial charge is 0.243 e. The highest BCUT2D eigenvalue weighted by Crippen LogP contribution is 2.27. The van der Waals surface area contributed by atoms with Gasteiger partial charge in [0.25, 0.3) is 0 Å². The van der Waals surface area contributed by atoms with Crippen molar-refractivity contribution in [2.24, 2.45) is 0 Å². The highest BCUT2D eigenvalue weighted by atomic mass is 19.1. The van der Waals surface area contributed by atoms with E-state index in [2.05, 4.69) is 10.6 Å². The molecule has 3 aromatic carbocycles. The number of nitrogens with one attached hydrogen (secondary N) is 2. The molecule has 3 aromatic rings. The van der Waals surface area contributed by atoms with E-state index in [1.807, 2.05) is 54.6 Å². The van der Waals surface area contributed by atoms with Crippen molar-refractivity contribution in [2.45, 2.75) is 0 Å². The molecule has 0 aromatic heterocycles. The molecule has 3 nitrogen and oxygen atoms in total. The average Bonchev–Trinajstić information content (AvgIpc) is 2.64. The van der Waals surface area contributed by atoms with Gasteiger partial charge in [-0.1, -0.05) is 48.5 Å². The quantitative estimate of drug-likeness (QED) is 0.709. The number of amides is 1. The molecule has 5 heteroatoms. The molecule has 0 aliphatic heterocycles. The van der Waals surface area contributed by atoms with Gasteiger partial charge in [0, 0.05) is 17.3 Å². The zero-order chi connectivity index (χ0) is 17.6. The lowest BCUT2D eigenvalue weighted by molar-refractivity contribution is -0.114. The second kappa shape index (κ2) is 7.57.